The number of hydrogen-bond acceptors (Lipinski definition) is 4. The third-order valence-electron chi connectivity index (χ3n) is 2.84. The van der Waals surface area contributed by atoms with E-state index in [0.29, 0.717) is 0 Å². The summed E-state index contributed by atoms with van der Waals surface area (Å²) in [7, 11) is 1.24. The van der Waals surface area contributed by atoms with Gasteiger partial charge >= 0.3 is 5.97 Å². The molecule has 0 aromatic heterocycles. The molecule has 0 saturated carbocycles. The van der Waals surface area contributed by atoms with Crippen molar-refractivity contribution < 1.29 is 13.9 Å². The van der Waals surface area contributed by atoms with Crippen LogP contribution in [0.2, 0.25) is 0 Å². The first-order valence-electron chi connectivity index (χ1n) is 5.56. The number of rotatable bonds is 2. The Labute approximate surface area is 124 Å². The van der Waals surface area contributed by atoms with Crippen LogP contribution in [0.25, 0.3) is 0 Å². The van der Waals surface area contributed by atoms with Gasteiger partial charge in [0.2, 0.25) is 0 Å². The first-order chi connectivity index (χ1) is 8.22. The molecule has 1 aliphatic heterocycles. The molecule has 1 saturated heterocycles. The van der Waals surface area contributed by atoms with E-state index in [1.54, 1.807) is 6.07 Å². The molecular weight excluding hydrogens is 294 g/mol. The Hall–Kier alpha value is -1.04. The number of hydrogen-bond donors (Lipinski definition) is 1. The van der Waals surface area contributed by atoms with E-state index < -0.39 is 11.8 Å². The predicted octanol–water partition coefficient (Wildman–Crippen LogP) is 1.87. The van der Waals surface area contributed by atoms with E-state index >= 15 is 0 Å². The number of esters is 1. The smallest absolute Gasteiger partial charge is 0.340 e. The zero-order valence-electron chi connectivity index (χ0n) is 10.5. The number of carbonyl (C=O) groups excluding carboxylic acids is 1. The molecule has 1 N–H and O–H groups in total. The summed E-state index contributed by atoms with van der Waals surface area (Å²) in [5.74, 6) is -1.18. The summed E-state index contributed by atoms with van der Waals surface area (Å²) in [6.07, 6.45) is 0. The lowest BCUT2D eigenvalue weighted by molar-refractivity contribution is 0.0595. The minimum absolute atomic E-state index is 0. The lowest BCUT2D eigenvalue weighted by atomic mass is 10.1. The van der Waals surface area contributed by atoms with Gasteiger partial charge in [0.25, 0.3) is 0 Å². The van der Waals surface area contributed by atoms with Gasteiger partial charge in [0.15, 0.2) is 0 Å². The van der Waals surface area contributed by atoms with Crippen molar-refractivity contribution in [2.24, 2.45) is 0 Å². The molecule has 0 atom stereocenters. The lowest BCUT2D eigenvalue weighted by Crippen LogP contribution is -2.43. The maximum Gasteiger partial charge on any atom is 0.340 e. The van der Waals surface area contributed by atoms with Gasteiger partial charge < -0.3 is 15.0 Å². The van der Waals surface area contributed by atoms with E-state index in [-0.39, 0.29) is 30.4 Å². The Morgan fingerprint density at radius 3 is 2.47 bits per heavy atom. The summed E-state index contributed by atoms with van der Waals surface area (Å²) in [5.41, 5.74) is 0.781. The molecular formula is C12H17Cl2FN2O2. The largest absolute Gasteiger partial charge is 0.465 e. The van der Waals surface area contributed by atoms with Crippen LogP contribution in [0.3, 0.4) is 0 Å². The topological polar surface area (TPSA) is 41.6 Å². The van der Waals surface area contributed by atoms with Gasteiger partial charge in [0.05, 0.1) is 12.7 Å². The highest BCUT2D eigenvalue weighted by atomic mass is 35.5. The average Bonchev–Trinajstić information content (AvgIpc) is 2.39. The second-order valence-electron chi connectivity index (χ2n) is 3.89. The fourth-order valence-corrected chi connectivity index (χ4v) is 1.90. The molecule has 0 amide bonds. The van der Waals surface area contributed by atoms with Crippen LogP contribution < -0.4 is 10.2 Å². The first kappa shape index (κ1) is 18.0. The van der Waals surface area contributed by atoms with Gasteiger partial charge in [-0.05, 0) is 18.2 Å². The molecule has 0 spiro atoms. The first-order valence-corrected chi connectivity index (χ1v) is 5.56. The van der Waals surface area contributed by atoms with E-state index in [0.717, 1.165) is 31.9 Å². The Kier molecular flexibility index (Phi) is 7.75. The number of piperazine rings is 1. The van der Waals surface area contributed by atoms with Crippen LogP contribution in [-0.2, 0) is 4.74 Å². The average molecular weight is 311 g/mol. The molecule has 2 rings (SSSR count). The van der Waals surface area contributed by atoms with Crippen LogP contribution >= 0.6 is 24.8 Å². The number of carbonyl (C=O) groups is 1. The van der Waals surface area contributed by atoms with Crippen molar-refractivity contribution in [1.29, 1.82) is 0 Å². The van der Waals surface area contributed by atoms with E-state index in [2.05, 4.69) is 15.0 Å². The van der Waals surface area contributed by atoms with Crippen LogP contribution in [0.5, 0.6) is 0 Å². The van der Waals surface area contributed by atoms with Crippen LogP contribution in [0.1, 0.15) is 10.4 Å². The minimum Gasteiger partial charge on any atom is -0.465 e. The summed E-state index contributed by atoms with van der Waals surface area (Å²) in [5, 5.41) is 3.23. The van der Waals surface area contributed by atoms with E-state index in [1.165, 1.54) is 19.2 Å². The molecule has 0 bridgehead atoms. The molecule has 0 radical (unpaired) electrons. The molecule has 1 heterocycles. The van der Waals surface area contributed by atoms with Gasteiger partial charge in [-0.1, -0.05) is 0 Å². The third-order valence-corrected chi connectivity index (χ3v) is 2.84. The fraction of sp³-hybridized carbons (Fsp3) is 0.417. The molecule has 7 heteroatoms. The number of nitrogens with zero attached hydrogens (tertiary/aromatic N) is 1. The number of methoxy groups -OCH3 is 1. The Balaban J connectivity index is 0.00000162. The van der Waals surface area contributed by atoms with Crippen molar-refractivity contribution in [3.8, 4) is 0 Å². The monoisotopic (exact) mass is 310 g/mol. The van der Waals surface area contributed by atoms with Gasteiger partial charge in [-0.3, -0.25) is 0 Å². The normalized spacial score (nSPS) is 14.1. The van der Waals surface area contributed by atoms with Crippen molar-refractivity contribution in [3.05, 3.63) is 29.6 Å². The van der Waals surface area contributed by atoms with Gasteiger partial charge in [-0.15, -0.1) is 24.8 Å². The van der Waals surface area contributed by atoms with Crippen molar-refractivity contribution in [2.75, 3.05) is 38.2 Å². The summed E-state index contributed by atoms with van der Waals surface area (Å²) in [6, 6.07) is 4.61. The van der Waals surface area contributed by atoms with Crippen molar-refractivity contribution >= 4 is 36.5 Å². The molecule has 1 fully saturated rings. The molecule has 0 unspecified atom stereocenters. The van der Waals surface area contributed by atoms with Gasteiger partial charge in [0, 0.05) is 31.9 Å². The standard InChI is InChI=1S/C12H15FN2O2.2ClH/c1-17-12(16)10-3-2-9(8-11(10)13)15-6-4-14-5-7-15;;/h2-3,8,14H,4-7H2,1H3;2*1H. The Morgan fingerprint density at radius 2 is 1.95 bits per heavy atom. The highest BCUT2D eigenvalue weighted by Gasteiger charge is 2.16. The van der Waals surface area contributed by atoms with Crippen molar-refractivity contribution in [1.82, 2.24) is 5.32 Å². The van der Waals surface area contributed by atoms with Crippen LogP contribution in [0, 0.1) is 5.82 Å². The lowest BCUT2D eigenvalue weighted by Gasteiger charge is -2.29. The van der Waals surface area contributed by atoms with Gasteiger partial charge in [-0.2, -0.15) is 0 Å². The predicted molar refractivity (Wildman–Crippen MR) is 77.3 cm³/mol. The van der Waals surface area contributed by atoms with E-state index in [1.807, 2.05) is 0 Å². The van der Waals surface area contributed by atoms with Gasteiger partial charge in [0.1, 0.15) is 5.82 Å². The summed E-state index contributed by atoms with van der Waals surface area (Å²) < 4.78 is 18.2. The maximum absolute atomic E-state index is 13.7. The van der Waals surface area contributed by atoms with Crippen LogP contribution in [-0.4, -0.2) is 39.3 Å². The number of halogens is 3. The second-order valence-corrected chi connectivity index (χ2v) is 3.89. The van der Waals surface area contributed by atoms with E-state index in [9.17, 15) is 9.18 Å². The summed E-state index contributed by atoms with van der Waals surface area (Å²) >= 11 is 0. The van der Waals surface area contributed by atoms with Gasteiger partial charge in [-0.25, -0.2) is 9.18 Å². The molecule has 1 aromatic carbocycles. The molecule has 0 aliphatic carbocycles. The van der Waals surface area contributed by atoms with Crippen LogP contribution in [0.15, 0.2) is 18.2 Å². The molecule has 108 valence electrons. The number of benzene rings is 1. The quantitative estimate of drug-likeness (QED) is 0.847. The highest BCUT2D eigenvalue weighted by Crippen LogP contribution is 2.19. The van der Waals surface area contributed by atoms with Crippen molar-refractivity contribution in [3.63, 3.8) is 0 Å². The maximum atomic E-state index is 13.7. The molecule has 1 aliphatic rings. The molecule has 4 nitrogen and oxygen atoms in total. The number of anilines is 1. The Bertz CT molecular complexity index is 426. The fourth-order valence-electron chi connectivity index (χ4n) is 1.90. The highest BCUT2D eigenvalue weighted by molar-refractivity contribution is 5.90. The van der Waals surface area contributed by atoms with Crippen molar-refractivity contribution in [2.45, 2.75) is 0 Å². The SMILES string of the molecule is COC(=O)c1ccc(N2CCNCC2)cc1F.Cl.Cl. The summed E-state index contributed by atoms with van der Waals surface area (Å²) in [4.78, 5) is 13.3. The number of ether oxygens (including phenoxy) is 1. The van der Waals surface area contributed by atoms with E-state index in [4.69, 9.17) is 0 Å². The zero-order chi connectivity index (χ0) is 12.3. The summed E-state index contributed by atoms with van der Waals surface area (Å²) in [6.45, 7) is 3.47. The number of nitrogens with one attached hydrogen (secondary N) is 1. The molecule has 19 heavy (non-hydrogen) atoms. The zero-order valence-corrected chi connectivity index (χ0v) is 12.2. The van der Waals surface area contributed by atoms with Crippen LogP contribution in [0.4, 0.5) is 10.1 Å². The molecule has 1 aromatic rings. The minimum atomic E-state index is -0.644. The second kappa shape index (κ2) is 8.19. The Morgan fingerprint density at radius 1 is 1.32 bits per heavy atom. The third kappa shape index (κ3) is 4.23.